The number of rotatable bonds is 9. The van der Waals surface area contributed by atoms with Crippen LogP contribution in [0, 0.1) is 0 Å². The van der Waals surface area contributed by atoms with Crippen molar-refractivity contribution in [2.24, 2.45) is 0 Å². The summed E-state index contributed by atoms with van der Waals surface area (Å²) < 4.78 is 0. The molecule has 0 amide bonds. The van der Waals surface area contributed by atoms with E-state index in [0.29, 0.717) is 0 Å². The maximum Gasteiger partial charge on any atom is 0.0267 e. The van der Waals surface area contributed by atoms with Crippen LogP contribution < -0.4 is 0 Å². The van der Waals surface area contributed by atoms with Crippen molar-refractivity contribution in [2.75, 3.05) is 0 Å². The van der Waals surface area contributed by atoms with Crippen molar-refractivity contribution in [3.8, 4) is 0 Å². The van der Waals surface area contributed by atoms with Gasteiger partial charge >= 0.3 is 0 Å². The molecule has 1 nitrogen and oxygen atoms in total. The normalized spacial score (nSPS) is 9.67. The van der Waals surface area contributed by atoms with E-state index in [1.54, 1.807) is 12.4 Å². The van der Waals surface area contributed by atoms with Crippen molar-refractivity contribution in [3.05, 3.63) is 30.6 Å². The van der Waals surface area contributed by atoms with Crippen LogP contribution in [0.4, 0.5) is 0 Å². The van der Waals surface area contributed by atoms with Crippen molar-refractivity contribution in [1.29, 1.82) is 0 Å². The zero-order valence-corrected chi connectivity index (χ0v) is 12.4. The lowest BCUT2D eigenvalue weighted by Crippen LogP contribution is -1.80. The van der Waals surface area contributed by atoms with Gasteiger partial charge in [0.1, 0.15) is 0 Å². The van der Waals surface area contributed by atoms with Gasteiger partial charge in [0.15, 0.2) is 0 Å². The Hall–Kier alpha value is -0.850. The highest BCUT2D eigenvalue weighted by Gasteiger charge is 1.90. The summed E-state index contributed by atoms with van der Waals surface area (Å²) in [5.74, 6) is 0. The van der Waals surface area contributed by atoms with E-state index in [4.69, 9.17) is 0 Å². The lowest BCUT2D eigenvalue weighted by Gasteiger charge is -1.99. The van der Waals surface area contributed by atoms with Crippen LogP contribution in [0.1, 0.15) is 78.1 Å². The fraction of sp³-hybridized carbons (Fsp3) is 0.706. The van der Waals surface area contributed by atoms with E-state index in [1.807, 2.05) is 18.2 Å². The number of unbranched alkanes of at least 4 members (excludes halogenated alkanes) is 9. The molecular weight excluding hydrogens is 218 g/mol. The van der Waals surface area contributed by atoms with Gasteiger partial charge in [-0.25, -0.2) is 0 Å². The number of aromatic nitrogens is 1. The van der Waals surface area contributed by atoms with Crippen LogP contribution in [0.3, 0.4) is 0 Å². The number of hydrogen-bond donors (Lipinski definition) is 0. The molecule has 0 aliphatic carbocycles. The Labute approximate surface area is 114 Å². The summed E-state index contributed by atoms with van der Waals surface area (Å²) >= 11 is 0. The summed E-state index contributed by atoms with van der Waals surface area (Å²) in [6.45, 7) is 4.56. The monoisotopic (exact) mass is 249 g/mol. The van der Waals surface area contributed by atoms with Crippen LogP contribution >= 0.6 is 0 Å². The Balaban J connectivity index is 0.000000397. The average Bonchev–Trinajstić information content (AvgIpc) is 2.44. The predicted octanol–water partition coefficient (Wildman–Crippen LogP) is 6.01. The van der Waals surface area contributed by atoms with E-state index < -0.39 is 0 Å². The molecule has 0 saturated heterocycles. The van der Waals surface area contributed by atoms with Gasteiger partial charge in [-0.05, 0) is 12.1 Å². The molecule has 1 rings (SSSR count). The summed E-state index contributed by atoms with van der Waals surface area (Å²) in [4.78, 5) is 3.78. The minimum absolute atomic E-state index is 1.37. The summed E-state index contributed by atoms with van der Waals surface area (Å²) in [5.41, 5.74) is 0. The molecule has 1 aromatic rings. The molecule has 0 atom stereocenters. The van der Waals surface area contributed by atoms with Crippen molar-refractivity contribution in [2.45, 2.75) is 78.1 Å². The molecule has 0 radical (unpaired) electrons. The summed E-state index contributed by atoms with van der Waals surface area (Å²) in [7, 11) is 0. The Bertz CT molecular complexity index is 184. The molecule has 1 heterocycles. The van der Waals surface area contributed by atoms with Crippen molar-refractivity contribution in [1.82, 2.24) is 4.98 Å². The fourth-order valence-electron chi connectivity index (χ4n) is 1.87. The maximum atomic E-state index is 3.78. The fourth-order valence-corrected chi connectivity index (χ4v) is 1.87. The zero-order valence-electron chi connectivity index (χ0n) is 12.4. The van der Waals surface area contributed by atoms with E-state index in [-0.39, 0.29) is 0 Å². The molecule has 0 aliphatic rings. The average molecular weight is 249 g/mol. The van der Waals surface area contributed by atoms with Crippen LogP contribution in [-0.2, 0) is 0 Å². The molecule has 0 saturated carbocycles. The van der Waals surface area contributed by atoms with Crippen molar-refractivity contribution < 1.29 is 0 Å². The molecule has 104 valence electrons. The lowest BCUT2D eigenvalue weighted by molar-refractivity contribution is 0.562. The first-order valence-electron chi connectivity index (χ1n) is 7.76. The standard InChI is InChI=1S/C12H26.C5H5N/c1-3-5-7-9-11-12-10-8-6-4-2;1-2-4-6-5-3-1/h3-12H2,1-2H3;1-5H. The second kappa shape index (κ2) is 16.1. The van der Waals surface area contributed by atoms with E-state index in [9.17, 15) is 0 Å². The first-order valence-corrected chi connectivity index (χ1v) is 7.76. The highest BCUT2D eigenvalue weighted by Crippen LogP contribution is 2.09. The van der Waals surface area contributed by atoms with Gasteiger partial charge in [0.05, 0.1) is 0 Å². The van der Waals surface area contributed by atoms with E-state index >= 15 is 0 Å². The smallest absolute Gasteiger partial charge is 0.0267 e. The largest absolute Gasteiger partial charge is 0.265 e. The molecule has 0 fully saturated rings. The van der Waals surface area contributed by atoms with E-state index in [1.165, 1.54) is 64.2 Å². The molecule has 1 heteroatoms. The predicted molar refractivity (Wildman–Crippen MR) is 81.8 cm³/mol. The second-order valence-electron chi connectivity index (χ2n) is 4.85. The van der Waals surface area contributed by atoms with Gasteiger partial charge in [-0.15, -0.1) is 0 Å². The molecule has 0 bridgehead atoms. The first-order chi connectivity index (χ1) is 8.91. The van der Waals surface area contributed by atoms with E-state index in [0.717, 1.165) is 0 Å². The Morgan fingerprint density at radius 2 is 0.944 bits per heavy atom. The molecule has 0 aromatic carbocycles. The summed E-state index contributed by atoms with van der Waals surface area (Å²) in [6, 6.07) is 5.72. The molecule has 0 spiro atoms. The van der Waals surface area contributed by atoms with Gasteiger partial charge in [0.2, 0.25) is 0 Å². The summed E-state index contributed by atoms with van der Waals surface area (Å²) in [5, 5.41) is 0. The summed E-state index contributed by atoms with van der Waals surface area (Å²) in [6.07, 6.45) is 17.9. The minimum atomic E-state index is 1.37. The van der Waals surface area contributed by atoms with Crippen LogP contribution in [0.5, 0.6) is 0 Å². The molecule has 1 aromatic heterocycles. The lowest BCUT2D eigenvalue weighted by atomic mass is 10.1. The Morgan fingerprint density at radius 3 is 1.17 bits per heavy atom. The molecule has 0 aliphatic heterocycles. The SMILES string of the molecule is CCCCCCCCCCCC.c1ccncc1. The van der Waals surface area contributed by atoms with Gasteiger partial charge < -0.3 is 0 Å². The van der Waals surface area contributed by atoms with Gasteiger partial charge in [0, 0.05) is 12.4 Å². The van der Waals surface area contributed by atoms with Crippen LogP contribution in [0.2, 0.25) is 0 Å². The number of pyridine rings is 1. The molecular formula is C17H31N. The zero-order chi connectivity index (χ0) is 13.3. The third kappa shape index (κ3) is 15.1. The number of hydrogen-bond acceptors (Lipinski definition) is 1. The van der Waals surface area contributed by atoms with Gasteiger partial charge in [-0.2, -0.15) is 0 Å². The van der Waals surface area contributed by atoms with Gasteiger partial charge in [0.25, 0.3) is 0 Å². The van der Waals surface area contributed by atoms with Crippen LogP contribution in [0.15, 0.2) is 30.6 Å². The second-order valence-corrected chi connectivity index (χ2v) is 4.85. The highest BCUT2D eigenvalue weighted by molar-refractivity contribution is 4.88. The molecule has 18 heavy (non-hydrogen) atoms. The number of nitrogens with zero attached hydrogens (tertiary/aromatic N) is 1. The minimum Gasteiger partial charge on any atom is -0.265 e. The maximum absolute atomic E-state index is 3.78. The van der Waals surface area contributed by atoms with Gasteiger partial charge in [-0.3, -0.25) is 4.98 Å². The third-order valence-corrected chi connectivity index (χ3v) is 3.02. The molecule has 0 N–H and O–H groups in total. The molecule has 0 unspecified atom stereocenters. The van der Waals surface area contributed by atoms with Crippen molar-refractivity contribution >= 4 is 0 Å². The quantitative estimate of drug-likeness (QED) is 0.488. The van der Waals surface area contributed by atoms with Gasteiger partial charge in [-0.1, -0.05) is 84.1 Å². The van der Waals surface area contributed by atoms with Crippen LogP contribution in [0.25, 0.3) is 0 Å². The van der Waals surface area contributed by atoms with Crippen molar-refractivity contribution in [3.63, 3.8) is 0 Å². The Morgan fingerprint density at radius 1 is 0.556 bits per heavy atom. The Kier molecular flexibility index (Phi) is 15.4. The first kappa shape index (κ1) is 17.2. The highest BCUT2D eigenvalue weighted by atomic mass is 14.6. The van der Waals surface area contributed by atoms with E-state index in [2.05, 4.69) is 18.8 Å². The third-order valence-electron chi connectivity index (χ3n) is 3.02. The van der Waals surface area contributed by atoms with Crippen LogP contribution in [-0.4, -0.2) is 4.98 Å². The topological polar surface area (TPSA) is 12.9 Å².